The van der Waals surface area contributed by atoms with Gasteiger partial charge in [-0.15, -0.1) is 0 Å². The highest BCUT2D eigenvalue weighted by Crippen LogP contribution is 2.32. The van der Waals surface area contributed by atoms with Crippen LogP contribution in [-0.4, -0.2) is 29.4 Å². The van der Waals surface area contributed by atoms with Crippen LogP contribution in [0.3, 0.4) is 0 Å². The maximum absolute atomic E-state index is 13.7. The second-order valence-corrected chi connectivity index (χ2v) is 5.62. The summed E-state index contributed by atoms with van der Waals surface area (Å²) in [5, 5.41) is 19.6. The van der Waals surface area contributed by atoms with Crippen molar-refractivity contribution in [3.05, 3.63) is 29.1 Å². The van der Waals surface area contributed by atoms with Crippen LogP contribution in [0.4, 0.5) is 10.1 Å². The van der Waals surface area contributed by atoms with E-state index in [1.807, 2.05) is 6.92 Å². The second kappa shape index (κ2) is 5.47. The van der Waals surface area contributed by atoms with Crippen LogP contribution in [0.2, 0.25) is 0 Å². The van der Waals surface area contributed by atoms with Gasteiger partial charge in [0.15, 0.2) is 0 Å². The fraction of sp³-hybridized carbons (Fsp3) is 0.600. The quantitative estimate of drug-likeness (QED) is 0.864. The van der Waals surface area contributed by atoms with Gasteiger partial charge in [-0.2, -0.15) is 0 Å². The summed E-state index contributed by atoms with van der Waals surface area (Å²) in [6.07, 6.45) is -0.267. The Labute approximate surface area is 113 Å². The summed E-state index contributed by atoms with van der Waals surface area (Å²) >= 11 is 0. The van der Waals surface area contributed by atoms with E-state index >= 15 is 0 Å². The third-order valence-electron chi connectivity index (χ3n) is 3.96. The Hall–Kier alpha value is -1.13. The van der Waals surface area contributed by atoms with E-state index in [0.717, 1.165) is 18.8 Å². The molecule has 1 aromatic rings. The SMILES string of the molecule is Cc1cc(N2CCC(O)C(C)C2)c([C@H](C)O)cc1F. The van der Waals surface area contributed by atoms with Gasteiger partial charge in [-0.1, -0.05) is 6.92 Å². The van der Waals surface area contributed by atoms with Crippen LogP contribution in [0.15, 0.2) is 12.1 Å². The molecule has 1 aromatic carbocycles. The van der Waals surface area contributed by atoms with Crippen LogP contribution in [0.25, 0.3) is 0 Å². The van der Waals surface area contributed by atoms with Gasteiger partial charge < -0.3 is 15.1 Å². The first kappa shape index (κ1) is 14.3. The second-order valence-electron chi connectivity index (χ2n) is 5.62. The topological polar surface area (TPSA) is 43.7 Å². The number of aryl methyl sites for hydroxylation is 1. The number of aliphatic hydroxyl groups excluding tert-OH is 2. The number of anilines is 1. The molecule has 0 radical (unpaired) electrons. The monoisotopic (exact) mass is 267 g/mol. The van der Waals surface area contributed by atoms with E-state index in [4.69, 9.17) is 0 Å². The molecule has 0 saturated carbocycles. The minimum Gasteiger partial charge on any atom is -0.393 e. The lowest BCUT2D eigenvalue weighted by molar-refractivity contribution is 0.0968. The van der Waals surface area contributed by atoms with Crippen molar-refractivity contribution in [3.8, 4) is 0 Å². The summed E-state index contributed by atoms with van der Waals surface area (Å²) in [7, 11) is 0. The Balaban J connectivity index is 2.35. The van der Waals surface area contributed by atoms with Crippen LogP contribution in [0, 0.1) is 18.7 Å². The number of nitrogens with zero attached hydrogens (tertiary/aromatic N) is 1. The van der Waals surface area contributed by atoms with Crippen LogP contribution in [-0.2, 0) is 0 Å². The van der Waals surface area contributed by atoms with Gasteiger partial charge in [0.05, 0.1) is 12.2 Å². The van der Waals surface area contributed by atoms with Crippen LogP contribution < -0.4 is 4.90 Å². The number of aliphatic hydroxyl groups is 2. The first-order valence-corrected chi connectivity index (χ1v) is 6.81. The average Bonchev–Trinajstić information content (AvgIpc) is 2.35. The van der Waals surface area contributed by atoms with Crippen LogP contribution >= 0.6 is 0 Å². The molecule has 4 heteroatoms. The smallest absolute Gasteiger partial charge is 0.126 e. The molecule has 1 saturated heterocycles. The summed E-state index contributed by atoms with van der Waals surface area (Å²) in [5.74, 6) is -0.106. The Bertz CT molecular complexity index is 462. The van der Waals surface area contributed by atoms with Gasteiger partial charge in [0.25, 0.3) is 0 Å². The van der Waals surface area contributed by atoms with E-state index in [2.05, 4.69) is 4.90 Å². The standard InChI is InChI=1S/C15H22FNO2/c1-9-6-14(12(11(3)18)7-13(9)16)17-5-4-15(19)10(2)8-17/h6-7,10-11,15,18-19H,4-5,8H2,1-3H3/t10?,11-,15?/m0/s1. The van der Waals surface area contributed by atoms with Crippen molar-refractivity contribution in [1.82, 2.24) is 0 Å². The highest BCUT2D eigenvalue weighted by Gasteiger charge is 2.26. The van der Waals surface area contributed by atoms with Gasteiger partial charge in [-0.25, -0.2) is 4.39 Å². The Kier molecular flexibility index (Phi) is 4.11. The Morgan fingerprint density at radius 1 is 1.42 bits per heavy atom. The molecular weight excluding hydrogens is 245 g/mol. The third kappa shape index (κ3) is 2.90. The van der Waals surface area contributed by atoms with Gasteiger partial charge in [0.1, 0.15) is 5.82 Å². The Morgan fingerprint density at radius 3 is 2.68 bits per heavy atom. The van der Waals surface area contributed by atoms with E-state index in [1.165, 1.54) is 6.07 Å². The average molecular weight is 267 g/mol. The fourth-order valence-corrected chi connectivity index (χ4v) is 2.64. The lowest BCUT2D eigenvalue weighted by atomic mass is 9.94. The molecule has 2 rings (SSSR count). The number of halogens is 1. The summed E-state index contributed by atoms with van der Waals surface area (Å²) in [4.78, 5) is 2.13. The van der Waals surface area contributed by atoms with E-state index in [-0.39, 0.29) is 17.8 Å². The lowest BCUT2D eigenvalue weighted by Gasteiger charge is -2.37. The third-order valence-corrected chi connectivity index (χ3v) is 3.96. The molecule has 1 aliphatic heterocycles. The number of rotatable bonds is 2. The Morgan fingerprint density at radius 2 is 2.11 bits per heavy atom. The van der Waals surface area contributed by atoms with Crippen LogP contribution in [0.1, 0.15) is 37.5 Å². The van der Waals surface area contributed by atoms with Crippen molar-refractivity contribution in [1.29, 1.82) is 0 Å². The summed E-state index contributed by atoms with van der Waals surface area (Å²) in [6.45, 7) is 6.85. The maximum Gasteiger partial charge on any atom is 0.126 e. The molecule has 3 nitrogen and oxygen atoms in total. The van der Waals surface area contributed by atoms with Gasteiger partial charge in [0.2, 0.25) is 0 Å². The molecule has 1 aliphatic rings. The van der Waals surface area contributed by atoms with Crippen molar-refractivity contribution in [2.24, 2.45) is 5.92 Å². The van der Waals surface area contributed by atoms with Crippen LogP contribution in [0.5, 0.6) is 0 Å². The highest BCUT2D eigenvalue weighted by atomic mass is 19.1. The molecule has 0 spiro atoms. The van der Waals surface area contributed by atoms with E-state index in [9.17, 15) is 14.6 Å². The van der Waals surface area contributed by atoms with Crippen molar-refractivity contribution < 1.29 is 14.6 Å². The first-order valence-electron chi connectivity index (χ1n) is 6.81. The normalized spacial score (nSPS) is 25.5. The van der Waals surface area contributed by atoms with E-state index in [1.54, 1.807) is 19.9 Å². The highest BCUT2D eigenvalue weighted by molar-refractivity contribution is 5.57. The summed E-state index contributed by atoms with van der Waals surface area (Å²) in [6, 6.07) is 3.22. The predicted octanol–water partition coefficient (Wildman–Crippen LogP) is 2.39. The minimum atomic E-state index is -0.702. The molecule has 1 fully saturated rings. The molecule has 1 heterocycles. The summed E-state index contributed by atoms with van der Waals surface area (Å²) < 4.78 is 13.7. The largest absolute Gasteiger partial charge is 0.393 e. The molecule has 19 heavy (non-hydrogen) atoms. The number of hydrogen-bond donors (Lipinski definition) is 2. The maximum atomic E-state index is 13.7. The summed E-state index contributed by atoms with van der Waals surface area (Å²) in [5.41, 5.74) is 2.08. The molecule has 106 valence electrons. The number of benzene rings is 1. The van der Waals surface area contributed by atoms with Crippen molar-refractivity contribution in [2.45, 2.75) is 39.4 Å². The molecule has 2 N–H and O–H groups in total. The van der Waals surface area contributed by atoms with Gasteiger partial charge in [-0.3, -0.25) is 0 Å². The molecule has 0 aliphatic carbocycles. The van der Waals surface area contributed by atoms with E-state index < -0.39 is 6.10 Å². The van der Waals surface area contributed by atoms with E-state index in [0.29, 0.717) is 17.5 Å². The number of piperidine rings is 1. The zero-order chi connectivity index (χ0) is 14.2. The fourth-order valence-electron chi connectivity index (χ4n) is 2.64. The number of hydrogen-bond acceptors (Lipinski definition) is 3. The molecule has 0 aromatic heterocycles. The zero-order valence-electron chi connectivity index (χ0n) is 11.7. The molecule has 0 bridgehead atoms. The van der Waals surface area contributed by atoms with Gasteiger partial charge in [-0.05, 0) is 43.9 Å². The van der Waals surface area contributed by atoms with Crippen molar-refractivity contribution in [3.63, 3.8) is 0 Å². The van der Waals surface area contributed by atoms with Gasteiger partial charge >= 0.3 is 0 Å². The zero-order valence-corrected chi connectivity index (χ0v) is 11.7. The van der Waals surface area contributed by atoms with Crippen molar-refractivity contribution >= 4 is 5.69 Å². The molecule has 3 atom stereocenters. The van der Waals surface area contributed by atoms with Gasteiger partial charge in [0, 0.05) is 24.3 Å². The first-order chi connectivity index (χ1) is 8.90. The lowest BCUT2D eigenvalue weighted by Crippen LogP contribution is -2.42. The minimum absolute atomic E-state index is 0.181. The predicted molar refractivity (Wildman–Crippen MR) is 73.8 cm³/mol. The molecular formula is C15H22FNO2. The van der Waals surface area contributed by atoms with Crippen molar-refractivity contribution in [2.75, 3.05) is 18.0 Å². The molecule has 0 amide bonds. The molecule has 2 unspecified atom stereocenters.